The SMILES string of the molecule is COc1cccc(Cn2ccc3cc(-c4ccnc(N)c4)ccc3c2=O)c1. The van der Waals surface area contributed by atoms with E-state index in [2.05, 4.69) is 4.98 Å². The Morgan fingerprint density at radius 1 is 1.04 bits per heavy atom. The maximum atomic E-state index is 12.9. The highest BCUT2D eigenvalue weighted by Gasteiger charge is 2.07. The first-order valence-electron chi connectivity index (χ1n) is 8.62. The van der Waals surface area contributed by atoms with Gasteiger partial charge in [-0.25, -0.2) is 4.98 Å². The number of benzene rings is 2. The first-order valence-corrected chi connectivity index (χ1v) is 8.62. The van der Waals surface area contributed by atoms with Gasteiger partial charge in [0.25, 0.3) is 5.56 Å². The van der Waals surface area contributed by atoms with Gasteiger partial charge in [-0.05, 0) is 64.5 Å². The zero-order valence-electron chi connectivity index (χ0n) is 14.9. The molecule has 0 saturated heterocycles. The lowest BCUT2D eigenvalue weighted by Gasteiger charge is -2.10. The lowest BCUT2D eigenvalue weighted by Crippen LogP contribution is -2.20. The molecule has 0 saturated carbocycles. The number of nitrogens with zero attached hydrogens (tertiary/aromatic N) is 2. The van der Waals surface area contributed by atoms with Crippen molar-refractivity contribution < 1.29 is 4.74 Å². The van der Waals surface area contributed by atoms with Crippen molar-refractivity contribution in [2.24, 2.45) is 0 Å². The highest BCUT2D eigenvalue weighted by Crippen LogP contribution is 2.24. The predicted octanol–water partition coefficient (Wildman–Crippen LogP) is 3.70. The number of hydrogen-bond acceptors (Lipinski definition) is 4. The molecule has 0 radical (unpaired) electrons. The highest BCUT2D eigenvalue weighted by atomic mass is 16.5. The third-order valence-electron chi connectivity index (χ3n) is 4.58. The minimum atomic E-state index is -0.0175. The number of methoxy groups -OCH3 is 1. The summed E-state index contributed by atoms with van der Waals surface area (Å²) in [5.41, 5.74) is 8.75. The third kappa shape index (κ3) is 3.40. The smallest absolute Gasteiger partial charge is 0.258 e. The van der Waals surface area contributed by atoms with Gasteiger partial charge in [-0.3, -0.25) is 4.79 Å². The molecule has 0 fully saturated rings. The second kappa shape index (κ2) is 6.96. The summed E-state index contributed by atoms with van der Waals surface area (Å²) in [6.07, 6.45) is 3.51. The zero-order chi connectivity index (χ0) is 18.8. The fourth-order valence-electron chi connectivity index (χ4n) is 3.19. The van der Waals surface area contributed by atoms with Crippen molar-refractivity contribution in [3.05, 3.63) is 89.0 Å². The molecule has 5 heteroatoms. The van der Waals surface area contributed by atoms with Gasteiger partial charge in [0.05, 0.1) is 13.7 Å². The summed E-state index contributed by atoms with van der Waals surface area (Å²) in [5, 5.41) is 1.58. The van der Waals surface area contributed by atoms with E-state index in [0.29, 0.717) is 17.7 Å². The first kappa shape index (κ1) is 16.8. The number of ether oxygens (including phenoxy) is 1. The number of pyridine rings is 2. The molecule has 0 spiro atoms. The van der Waals surface area contributed by atoms with Gasteiger partial charge in [0.15, 0.2) is 0 Å². The average Bonchev–Trinajstić information content (AvgIpc) is 2.70. The monoisotopic (exact) mass is 357 g/mol. The van der Waals surface area contributed by atoms with Crippen LogP contribution in [-0.4, -0.2) is 16.7 Å². The number of anilines is 1. The molecular formula is C22H19N3O2. The average molecular weight is 357 g/mol. The van der Waals surface area contributed by atoms with Gasteiger partial charge in [-0.1, -0.05) is 18.2 Å². The highest BCUT2D eigenvalue weighted by molar-refractivity contribution is 5.86. The molecular weight excluding hydrogens is 338 g/mol. The fraction of sp³-hybridized carbons (Fsp3) is 0.0909. The largest absolute Gasteiger partial charge is 0.497 e. The molecule has 27 heavy (non-hydrogen) atoms. The van der Waals surface area contributed by atoms with Gasteiger partial charge in [-0.2, -0.15) is 0 Å². The molecule has 0 aliphatic heterocycles. The fourth-order valence-corrected chi connectivity index (χ4v) is 3.19. The Morgan fingerprint density at radius 2 is 1.89 bits per heavy atom. The lowest BCUT2D eigenvalue weighted by atomic mass is 10.0. The summed E-state index contributed by atoms with van der Waals surface area (Å²) in [4.78, 5) is 16.9. The minimum absolute atomic E-state index is 0.0175. The van der Waals surface area contributed by atoms with Crippen LogP contribution in [0.5, 0.6) is 5.75 Å². The molecule has 2 N–H and O–H groups in total. The normalized spacial score (nSPS) is 10.9. The van der Waals surface area contributed by atoms with Gasteiger partial charge in [0.2, 0.25) is 0 Å². The Hall–Kier alpha value is -3.60. The van der Waals surface area contributed by atoms with Crippen LogP contribution in [0.4, 0.5) is 5.82 Å². The zero-order valence-corrected chi connectivity index (χ0v) is 14.9. The van der Waals surface area contributed by atoms with Gasteiger partial charge in [-0.15, -0.1) is 0 Å². The van der Waals surface area contributed by atoms with Crippen LogP contribution < -0.4 is 16.0 Å². The molecule has 0 unspecified atom stereocenters. The van der Waals surface area contributed by atoms with Crippen LogP contribution in [0, 0.1) is 0 Å². The summed E-state index contributed by atoms with van der Waals surface area (Å²) in [7, 11) is 1.63. The lowest BCUT2D eigenvalue weighted by molar-refractivity contribution is 0.414. The molecule has 2 aromatic carbocycles. The number of nitrogens with two attached hydrogens (primary N) is 1. The van der Waals surface area contributed by atoms with Crippen LogP contribution in [0.2, 0.25) is 0 Å². The van der Waals surface area contributed by atoms with Crippen molar-refractivity contribution in [1.29, 1.82) is 0 Å². The van der Waals surface area contributed by atoms with Crippen LogP contribution in [0.15, 0.2) is 77.9 Å². The predicted molar refractivity (Wildman–Crippen MR) is 108 cm³/mol. The van der Waals surface area contributed by atoms with Crippen LogP contribution >= 0.6 is 0 Å². The molecule has 0 amide bonds. The van der Waals surface area contributed by atoms with Crippen molar-refractivity contribution in [3.63, 3.8) is 0 Å². The Kier molecular flexibility index (Phi) is 4.34. The molecule has 2 heterocycles. The van der Waals surface area contributed by atoms with E-state index >= 15 is 0 Å². The molecule has 134 valence electrons. The number of aromatic nitrogens is 2. The summed E-state index contributed by atoms with van der Waals surface area (Å²) in [5.74, 6) is 1.25. The summed E-state index contributed by atoms with van der Waals surface area (Å²) in [6, 6.07) is 19.2. The molecule has 0 bridgehead atoms. The third-order valence-corrected chi connectivity index (χ3v) is 4.58. The topological polar surface area (TPSA) is 70.1 Å². The van der Waals surface area contributed by atoms with E-state index in [-0.39, 0.29) is 5.56 Å². The van der Waals surface area contributed by atoms with Gasteiger partial charge >= 0.3 is 0 Å². The van der Waals surface area contributed by atoms with E-state index < -0.39 is 0 Å². The molecule has 4 rings (SSSR count). The second-order valence-electron chi connectivity index (χ2n) is 6.37. The summed E-state index contributed by atoms with van der Waals surface area (Å²) < 4.78 is 6.97. The van der Waals surface area contributed by atoms with E-state index in [4.69, 9.17) is 10.5 Å². The van der Waals surface area contributed by atoms with Crippen molar-refractivity contribution in [2.75, 3.05) is 12.8 Å². The van der Waals surface area contributed by atoms with E-state index in [1.54, 1.807) is 17.9 Å². The van der Waals surface area contributed by atoms with Crippen molar-refractivity contribution in [3.8, 4) is 16.9 Å². The Morgan fingerprint density at radius 3 is 2.70 bits per heavy atom. The van der Waals surface area contributed by atoms with Gasteiger partial charge in [0, 0.05) is 17.8 Å². The van der Waals surface area contributed by atoms with Crippen molar-refractivity contribution in [1.82, 2.24) is 9.55 Å². The summed E-state index contributed by atoms with van der Waals surface area (Å²) >= 11 is 0. The van der Waals surface area contributed by atoms with Crippen molar-refractivity contribution >= 4 is 16.6 Å². The Balaban J connectivity index is 1.72. The maximum Gasteiger partial charge on any atom is 0.258 e. The Labute approximate surface area is 156 Å². The molecule has 0 aliphatic rings. The van der Waals surface area contributed by atoms with Crippen molar-refractivity contribution in [2.45, 2.75) is 6.54 Å². The van der Waals surface area contributed by atoms with Crippen LogP contribution in [0.3, 0.4) is 0 Å². The van der Waals surface area contributed by atoms with Crippen LogP contribution in [0.1, 0.15) is 5.56 Å². The van der Waals surface area contributed by atoms with E-state index in [9.17, 15) is 4.79 Å². The molecule has 5 nitrogen and oxygen atoms in total. The molecule has 0 aliphatic carbocycles. The number of hydrogen-bond donors (Lipinski definition) is 1. The summed E-state index contributed by atoms with van der Waals surface area (Å²) in [6.45, 7) is 0.495. The van der Waals surface area contributed by atoms with E-state index in [1.165, 1.54) is 0 Å². The minimum Gasteiger partial charge on any atom is -0.497 e. The van der Waals surface area contributed by atoms with Gasteiger partial charge < -0.3 is 15.0 Å². The second-order valence-corrected chi connectivity index (χ2v) is 6.37. The number of fused-ring (bicyclic) bond motifs is 1. The number of nitrogen functional groups attached to an aromatic ring is 1. The molecule has 4 aromatic rings. The number of rotatable bonds is 4. The van der Waals surface area contributed by atoms with Crippen LogP contribution in [-0.2, 0) is 6.54 Å². The quantitative estimate of drug-likeness (QED) is 0.604. The van der Waals surface area contributed by atoms with E-state index in [0.717, 1.165) is 27.8 Å². The molecule has 2 aromatic heterocycles. The maximum absolute atomic E-state index is 12.9. The van der Waals surface area contributed by atoms with Gasteiger partial charge in [0.1, 0.15) is 11.6 Å². The van der Waals surface area contributed by atoms with E-state index in [1.807, 2.05) is 66.9 Å². The molecule has 0 atom stereocenters. The Bertz CT molecular complexity index is 1180. The van der Waals surface area contributed by atoms with Crippen LogP contribution in [0.25, 0.3) is 21.9 Å². The standard InChI is InChI=1S/C22H19N3O2/c1-27-19-4-2-3-15(11-19)14-25-10-8-18-12-16(5-6-20(18)22(25)26)17-7-9-24-21(23)13-17/h2-13H,14H2,1H3,(H2,23,24). The first-order chi connectivity index (χ1) is 13.1.